The first kappa shape index (κ1) is 44.3. The van der Waals surface area contributed by atoms with Crippen molar-refractivity contribution in [3.8, 4) is 0 Å². The van der Waals surface area contributed by atoms with E-state index in [0.29, 0.717) is 19.5 Å². The lowest BCUT2D eigenvalue weighted by Gasteiger charge is -2.47. The molecule has 2 aliphatic heterocycles. The molecule has 4 rings (SSSR count). The fourth-order valence-corrected chi connectivity index (χ4v) is 8.63. The Hall–Kier alpha value is -2.46. The summed E-state index contributed by atoms with van der Waals surface area (Å²) in [6.45, 7) is 15.7. The van der Waals surface area contributed by atoms with Crippen LogP contribution >= 0.6 is 0 Å². The third-order valence-corrected chi connectivity index (χ3v) is 12.0. The third-order valence-electron chi connectivity index (χ3n) is 12.0. The van der Waals surface area contributed by atoms with Crippen LogP contribution in [-0.2, 0) is 19.0 Å². The lowest BCUT2D eigenvalue weighted by Crippen LogP contribution is -2.59. The van der Waals surface area contributed by atoms with E-state index in [1.54, 1.807) is 33.9 Å². The van der Waals surface area contributed by atoms with Gasteiger partial charge in [-0.1, -0.05) is 39.0 Å². The molecule has 2 aliphatic rings. The van der Waals surface area contributed by atoms with Gasteiger partial charge in [0.25, 0.3) is 0 Å². The molecule has 2 aromatic rings. The van der Waals surface area contributed by atoms with Crippen molar-refractivity contribution >= 4 is 22.6 Å². The zero-order chi connectivity index (χ0) is 40.1. The van der Waals surface area contributed by atoms with Crippen LogP contribution in [0.2, 0.25) is 0 Å². The van der Waals surface area contributed by atoms with Gasteiger partial charge in [0.1, 0.15) is 23.9 Å². The van der Waals surface area contributed by atoms with E-state index in [-0.39, 0.29) is 30.9 Å². The number of aromatic nitrogens is 1. The van der Waals surface area contributed by atoms with Crippen molar-refractivity contribution in [2.24, 2.45) is 17.8 Å². The normalized spacial score (nSPS) is 39.5. The molecule has 2 fully saturated rings. The second-order valence-electron chi connectivity index (χ2n) is 16.8. The quantitative estimate of drug-likeness (QED) is 0.162. The number of esters is 1. The first-order valence-electron chi connectivity index (χ1n) is 19.8. The molecule has 3 heterocycles. The largest absolute Gasteiger partial charge is 0.459 e. The third kappa shape index (κ3) is 10.3. The summed E-state index contributed by atoms with van der Waals surface area (Å²) < 4.78 is 18.6. The van der Waals surface area contributed by atoms with Crippen molar-refractivity contribution in [3.63, 3.8) is 0 Å². The number of likely N-dealkylation sites (N-methyl/N-ethyl adjacent to an activating group) is 2. The van der Waals surface area contributed by atoms with Gasteiger partial charge in [-0.2, -0.15) is 0 Å². The van der Waals surface area contributed by atoms with Crippen molar-refractivity contribution < 1.29 is 44.5 Å². The van der Waals surface area contributed by atoms with Gasteiger partial charge in [0.05, 0.1) is 35.3 Å². The number of hydrogen-bond donors (Lipinski definition) is 6. The highest BCUT2D eigenvalue weighted by molar-refractivity contribution is 5.90. The average molecular weight is 761 g/mol. The molecule has 1 aromatic heterocycles. The summed E-state index contributed by atoms with van der Waals surface area (Å²) in [5, 5.41) is 63.1. The Morgan fingerprint density at radius 2 is 1.74 bits per heavy atom. The van der Waals surface area contributed by atoms with Crippen molar-refractivity contribution in [1.82, 2.24) is 14.8 Å². The lowest BCUT2D eigenvalue weighted by molar-refractivity contribution is -0.299. The zero-order valence-corrected chi connectivity index (χ0v) is 34.1. The minimum absolute atomic E-state index is 0.129. The summed E-state index contributed by atoms with van der Waals surface area (Å²) in [6.07, 6.45) is -3.51. The number of carbonyl (C=O) groups is 1. The second kappa shape index (κ2) is 18.7. The molecule has 54 heavy (non-hydrogen) atoms. The number of cyclic esters (lactones) is 1. The maximum atomic E-state index is 13.5. The van der Waals surface area contributed by atoms with Crippen LogP contribution < -0.4 is 5.32 Å². The Balaban J connectivity index is 1.52. The SMILES string of the molecule is CC[C@H]1OC(=O)[C@H](C)[C@@H](O)[C@H](C)[C@@H](O[C@@H]2O[C@H](C)C[C@H](N(C)CCCNc3ccnc4ccccc34)[C@H]2O)[C@](C)(O)C[C@@H](C)CN(C)[C@H](C)[C@@H](O)[C@]1(C)O. The van der Waals surface area contributed by atoms with E-state index in [9.17, 15) is 30.3 Å². The van der Waals surface area contributed by atoms with E-state index < -0.39 is 71.9 Å². The maximum Gasteiger partial charge on any atom is 0.311 e. The monoisotopic (exact) mass is 760 g/mol. The number of carbonyl (C=O) groups excluding carboxylic acids is 1. The van der Waals surface area contributed by atoms with Gasteiger partial charge in [-0.3, -0.25) is 9.78 Å². The van der Waals surface area contributed by atoms with E-state index in [4.69, 9.17) is 14.2 Å². The molecule has 0 saturated carbocycles. The van der Waals surface area contributed by atoms with Crippen molar-refractivity contribution in [3.05, 3.63) is 36.5 Å². The van der Waals surface area contributed by atoms with Crippen LogP contribution in [0.4, 0.5) is 5.69 Å². The number of aliphatic hydroxyl groups excluding tert-OH is 3. The van der Waals surface area contributed by atoms with Crippen LogP contribution in [0.1, 0.15) is 81.1 Å². The van der Waals surface area contributed by atoms with Gasteiger partial charge in [0, 0.05) is 48.4 Å². The molecule has 0 radical (unpaired) electrons. The number of anilines is 1. The predicted octanol–water partition coefficient (Wildman–Crippen LogP) is 3.40. The van der Waals surface area contributed by atoms with Crippen molar-refractivity contribution in [2.45, 2.75) is 147 Å². The number of pyridine rings is 1. The Morgan fingerprint density at radius 1 is 1.06 bits per heavy atom. The van der Waals surface area contributed by atoms with E-state index in [0.717, 1.165) is 29.6 Å². The van der Waals surface area contributed by atoms with E-state index in [1.807, 2.05) is 63.2 Å². The van der Waals surface area contributed by atoms with Crippen molar-refractivity contribution in [2.75, 3.05) is 39.0 Å². The minimum atomic E-state index is -1.77. The number of nitrogens with zero attached hydrogens (tertiary/aromatic N) is 3. The second-order valence-corrected chi connectivity index (χ2v) is 16.8. The van der Waals surface area contributed by atoms with E-state index >= 15 is 0 Å². The molecular formula is C41H68N4O9. The van der Waals surface area contributed by atoms with Gasteiger partial charge >= 0.3 is 5.97 Å². The fraction of sp³-hybridized carbons (Fsp3) is 0.756. The first-order chi connectivity index (χ1) is 25.3. The summed E-state index contributed by atoms with van der Waals surface area (Å²) in [6, 6.07) is 9.14. The topological polar surface area (TPSA) is 177 Å². The Bertz CT molecular complexity index is 1490. The first-order valence-corrected chi connectivity index (χ1v) is 19.8. The molecular weight excluding hydrogens is 692 g/mol. The molecule has 0 amide bonds. The summed E-state index contributed by atoms with van der Waals surface area (Å²) in [5.41, 5.74) is -1.36. The van der Waals surface area contributed by atoms with Gasteiger partial charge in [0.15, 0.2) is 6.29 Å². The molecule has 14 atom stereocenters. The number of ether oxygens (including phenoxy) is 3. The molecule has 0 spiro atoms. The summed E-state index contributed by atoms with van der Waals surface area (Å²) in [4.78, 5) is 22.0. The number of hydrogen-bond acceptors (Lipinski definition) is 13. The molecule has 0 aliphatic carbocycles. The fourth-order valence-electron chi connectivity index (χ4n) is 8.63. The van der Waals surface area contributed by atoms with Gasteiger partial charge in [-0.15, -0.1) is 0 Å². The van der Waals surface area contributed by atoms with Gasteiger partial charge in [-0.05, 0) is 99.0 Å². The zero-order valence-electron chi connectivity index (χ0n) is 34.1. The van der Waals surface area contributed by atoms with Crippen LogP contribution in [0.5, 0.6) is 0 Å². The smallest absolute Gasteiger partial charge is 0.311 e. The number of fused-ring (bicyclic) bond motifs is 1. The van der Waals surface area contributed by atoms with Crippen LogP contribution in [0, 0.1) is 17.8 Å². The van der Waals surface area contributed by atoms with Gasteiger partial charge in [0.2, 0.25) is 0 Å². The molecule has 306 valence electrons. The molecule has 13 nitrogen and oxygen atoms in total. The Labute approximate surface area is 322 Å². The summed E-state index contributed by atoms with van der Waals surface area (Å²) in [5.74, 6) is -2.76. The molecule has 2 saturated heterocycles. The lowest BCUT2D eigenvalue weighted by atomic mass is 9.78. The maximum absolute atomic E-state index is 13.5. The van der Waals surface area contributed by atoms with Crippen molar-refractivity contribution in [1.29, 1.82) is 0 Å². The molecule has 0 bridgehead atoms. The van der Waals surface area contributed by atoms with Crippen LogP contribution in [0.15, 0.2) is 36.5 Å². The van der Waals surface area contributed by atoms with E-state index in [1.165, 1.54) is 13.8 Å². The average Bonchev–Trinajstić information content (AvgIpc) is 3.12. The highest BCUT2D eigenvalue weighted by atomic mass is 16.7. The minimum Gasteiger partial charge on any atom is -0.459 e. The number of para-hydroxylation sites is 1. The number of rotatable bonds is 9. The highest BCUT2D eigenvalue weighted by Gasteiger charge is 2.50. The van der Waals surface area contributed by atoms with Gasteiger partial charge in [-0.25, -0.2) is 0 Å². The van der Waals surface area contributed by atoms with Gasteiger partial charge < -0.3 is 54.9 Å². The molecule has 6 N–H and O–H groups in total. The predicted molar refractivity (Wildman–Crippen MR) is 209 cm³/mol. The van der Waals surface area contributed by atoms with Crippen LogP contribution in [-0.4, -0.2) is 146 Å². The standard InChI is InChI=1S/C41H68N4O9/c1-11-33-41(8,51)36(48)28(6)45(10)23-24(2)22-40(7,50)37(26(4)34(46)27(5)38(49)53-33)54-39-35(47)32(21-25(3)52-39)44(9)20-14-18-42-31-17-19-43-30-16-13-12-15-29(30)31/h12-13,15-17,19,24-28,32-37,39,46-48,50-51H,11,14,18,20-23H2,1-10H3,(H,42,43)/t24-,25-,26+,27-,28-,32+,33-,34+,35-,36-,37-,39+,40-,41-/m1/s1. The molecule has 13 heteroatoms. The Morgan fingerprint density at radius 3 is 2.43 bits per heavy atom. The highest BCUT2D eigenvalue weighted by Crippen LogP contribution is 2.37. The number of aliphatic hydroxyl groups is 5. The van der Waals surface area contributed by atoms with Crippen LogP contribution in [0.3, 0.4) is 0 Å². The van der Waals surface area contributed by atoms with E-state index in [2.05, 4.69) is 15.2 Å². The Kier molecular flexibility index (Phi) is 15.3. The summed E-state index contributed by atoms with van der Waals surface area (Å²) in [7, 11) is 3.81. The number of benzene rings is 1. The molecule has 0 unspecified atom stereocenters. The summed E-state index contributed by atoms with van der Waals surface area (Å²) >= 11 is 0. The molecule has 1 aromatic carbocycles. The number of nitrogens with one attached hydrogen (secondary N) is 1. The van der Waals surface area contributed by atoms with Crippen LogP contribution in [0.25, 0.3) is 10.9 Å².